The highest BCUT2D eigenvalue weighted by Crippen LogP contribution is 2.32. The lowest BCUT2D eigenvalue weighted by atomic mass is 9.90. The van der Waals surface area contributed by atoms with Crippen LogP contribution in [-0.4, -0.2) is 23.7 Å². The quantitative estimate of drug-likeness (QED) is 0.684. The molecule has 1 aliphatic heterocycles. The molecule has 0 aromatic heterocycles. The maximum absolute atomic E-state index is 14.4. The molecule has 27 heavy (non-hydrogen) atoms. The van der Waals surface area contributed by atoms with Gasteiger partial charge in [0, 0.05) is 11.3 Å². The highest BCUT2D eigenvalue weighted by molar-refractivity contribution is 5.95. The zero-order valence-corrected chi connectivity index (χ0v) is 15.4. The van der Waals surface area contributed by atoms with Crippen molar-refractivity contribution in [1.82, 2.24) is 10.6 Å². The number of rotatable bonds is 5. The van der Waals surface area contributed by atoms with Crippen molar-refractivity contribution >= 4 is 12.0 Å². The van der Waals surface area contributed by atoms with Gasteiger partial charge in [0.2, 0.25) is 0 Å². The van der Waals surface area contributed by atoms with Crippen molar-refractivity contribution < 1.29 is 23.8 Å². The standard InChI is InChI=1S/C20H25FN2O4/c1-2-16-17(19(25)27-11-12-6-4-3-5-7-12)18(23-20(26)22-16)14-10-13(24)8-9-15(14)21/h8-10,12,18,24H,2-7,11H2,1H3,(H2,22,23,26). The number of urea groups is 1. The molecule has 3 N–H and O–H groups in total. The van der Waals surface area contributed by atoms with Crippen molar-refractivity contribution in [3.8, 4) is 5.75 Å². The van der Waals surface area contributed by atoms with E-state index < -0.39 is 23.9 Å². The first-order valence-electron chi connectivity index (χ1n) is 9.45. The number of hydrogen-bond acceptors (Lipinski definition) is 4. The average Bonchev–Trinajstić information content (AvgIpc) is 2.68. The molecule has 7 heteroatoms. The maximum atomic E-state index is 14.4. The van der Waals surface area contributed by atoms with Crippen LogP contribution < -0.4 is 10.6 Å². The molecule has 1 aromatic carbocycles. The Morgan fingerprint density at radius 3 is 2.74 bits per heavy atom. The average molecular weight is 376 g/mol. The van der Waals surface area contributed by atoms with Crippen LogP contribution in [0.2, 0.25) is 0 Å². The number of phenolic OH excluding ortho intramolecular Hbond substituents is 1. The van der Waals surface area contributed by atoms with Crippen LogP contribution in [0.3, 0.4) is 0 Å². The van der Waals surface area contributed by atoms with Crippen LogP contribution in [0, 0.1) is 11.7 Å². The third-order valence-corrected chi connectivity index (χ3v) is 5.19. The SMILES string of the molecule is CCC1=C(C(=O)OCC2CCCCC2)C(c2cc(O)ccc2F)NC(=O)N1. The van der Waals surface area contributed by atoms with Crippen molar-refractivity contribution in [3.05, 3.63) is 40.8 Å². The van der Waals surface area contributed by atoms with Gasteiger partial charge in [-0.15, -0.1) is 0 Å². The molecule has 1 heterocycles. The summed E-state index contributed by atoms with van der Waals surface area (Å²) in [5, 5.41) is 14.9. The van der Waals surface area contributed by atoms with Crippen LogP contribution in [0.25, 0.3) is 0 Å². The Morgan fingerprint density at radius 1 is 1.30 bits per heavy atom. The molecular weight excluding hydrogens is 351 g/mol. The molecule has 0 bridgehead atoms. The molecular formula is C20H25FN2O4. The molecule has 2 amide bonds. The predicted molar refractivity (Wildman–Crippen MR) is 97.3 cm³/mol. The third-order valence-electron chi connectivity index (χ3n) is 5.19. The smallest absolute Gasteiger partial charge is 0.338 e. The van der Waals surface area contributed by atoms with Crippen LogP contribution in [0.4, 0.5) is 9.18 Å². The largest absolute Gasteiger partial charge is 0.508 e. The zero-order valence-electron chi connectivity index (χ0n) is 15.4. The highest BCUT2D eigenvalue weighted by Gasteiger charge is 2.35. The van der Waals surface area contributed by atoms with E-state index in [0.717, 1.165) is 31.7 Å². The van der Waals surface area contributed by atoms with Crippen LogP contribution in [0.15, 0.2) is 29.5 Å². The molecule has 1 atom stereocenters. The fourth-order valence-electron chi connectivity index (χ4n) is 3.75. The lowest BCUT2D eigenvalue weighted by molar-refractivity contribution is -0.141. The molecule has 1 unspecified atom stereocenters. The second-order valence-corrected chi connectivity index (χ2v) is 7.09. The third kappa shape index (κ3) is 4.40. The summed E-state index contributed by atoms with van der Waals surface area (Å²) < 4.78 is 19.9. The number of carbonyl (C=O) groups excluding carboxylic acids is 2. The Labute approximate surface area is 157 Å². The van der Waals surface area contributed by atoms with Crippen molar-refractivity contribution in [3.63, 3.8) is 0 Å². The van der Waals surface area contributed by atoms with Crippen LogP contribution >= 0.6 is 0 Å². The summed E-state index contributed by atoms with van der Waals surface area (Å²) in [5.41, 5.74) is 0.609. The summed E-state index contributed by atoms with van der Waals surface area (Å²) in [7, 11) is 0. The van der Waals surface area contributed by atoms with Crippen molar-refractivity contribution in [1.29, 1.82) is 0 Å². The number of ether oxygens (including phenoxy) is 1. The van der Waals surface area contributed by atoms with Gasteiger partial charge in [0.05, 0.1) is 18.2 Å². The van der Waals surface area contributed by atoms with Crippen molar-refractivity contribution in [2.45, 2.75) is 51.5 Å². The van der Waals surface area contributed by atoms with Gasteiger partial charge in [-0.25, -0.2) is 14.0 Å². The molecule has 1 aliphatic carbocycles. The summed E-state index contributed by atoms with van der Waals surface area (Å²) in [6, 6.07) is 2.00. The number of halogens is 1. The molecule has 0 spiro atoms. The Hall–Kier alpha value is -2.57. The molecule has 1 saturated carbocycles. The van der Waals surface area contributed by atoms with E-state index in [2.05, 4.69) is 10.6 Å². The minimum absolute atomic E-state index is 0.0282. The van der Waals surface area contributed by atoms with E-state index in [0.29, 0.717) is 24.6 Å². The van der Waals surface area contributed by atoms with Gasteiger partial charge in [-0.3, -0.25) is 0 Å². The lowest BCUT2D eigenvalue weighted by Gasteiger charge is -2.30. The Bertz CT molecular complexity index is 756. The normalized spacial score (nSPS) is 20.8. The zero-order chi connectivity index (χ0) is 19.4. The van der Waals surface area contributed by atoms with Gasteiger partial charge in [0.1, 0.15) is 11.6 Å². The minimum atomic E-state index is -1.01. The molecule has 0 radical (unpaired) electrons. The van der Waals surface area contributed by atoms with E-state index in [4.69, 9.17) is 4.74 Å². The summed E-state index contributed by atoms with van der Waals surface area (Å²) in [4.78, 5) is 24.8. The molecule has 2 aliphatic rings. The van der Waals surface area contributed by atoms with E-state index in [9.17, 15) is 19.1 Å². The number of aromatic hydroxyl groups is 1. The fourth-order valence-corrected chi connectivity index (χ4v) is 3.75. The van der Waals surface area contributed by atoms with E-state index in [1.54, 1.807) is 6.92 Å². The molecule has 3 rings (SSSR count). The van der Waals surface area contributed by atoms with E-state index in [1.165, 1.54) is 18.6 Å². The predicted octanol–water partition coefficient (Wildman–Crippen LogP) is 3.67. The van der Waals surface area contributed by atoms with E-state index in [-0.39, 0.29) is 16.9 Å². The number of carbonyl (C=O) groups is 2. The second-order valence-electron chi connectivity index (χ2n) is 7.09. The highest BCUT2D eigenvalue weighted by atomic mass is 19.1. The van der Waals surface area contributed by atoms with Crippen LogP contribution in [-0.2, 0) is 9.53 Å². The number of amides is 2. The Kier molecular flexibility index (Phi) is 5.98. The fraction of sp³-hybridized carbons (Fsp3) is 0.500. The van der Waals surface area contributed by atoms with Gasteiger partial charge in [0.25, 0.3) is 0 Å². The number of hydrogen-bond donors (Lipinski definition) is 3. The minimum Gasteiger partial charge on any atom is -0.508 e. The van der Waals surface area contributed by atoms with Crippen LogP contribution in [0.5, 0.6) is 5.75 Å². The first kappa shape index (κ1) is 19.2. The van der Waals surface area contributed by atoms with Gasteiger partial charge in [-0.1, -0.05) is 26.2 Å². The number of allylic oxidation sites excluding steroid dienone is 1. The van der Waals surface area contributed by atoms with Crippen LogP contribution in [0.1, 0.15) is 57.1 Å². The summed E-state index contributed by atoms with van der Waals surface area (Å²) in [5.74, 6) is -0.992. The first-order valence-corrected chi connectivity index (χ1v) is 9.45. The number of esters is 1. The number of phenols is 1. The maximum Gasteiger partial charge on any atom is 0.338 e. The molecule has 1 aromatic rings. The van der Waals surface area contributed by atoms with Gasteiger partial charge in [-0.2, -0.15) is 0 Å². The number of nitrogens with one attached hydrogen (secondary N) is 2. The molecule has 1 fully saturated rings. The van der Waals surface area contributed by atoms with Gasteiger partial charge in [-0.05, 0) is 43.4 Å². The van der Waals surface area contributed by atoms with Crippen molar-refractivity contribution in [2.75, 3.05) is 6.61 Å². The van der Waals surface area contributed by atoms with E-state index >= 15 is 0 Å². The lowest BCUT2D eigenvalue weighted by Crippen LogP contribution is -2.46. The topological polar surface area (TPSA) is 87.7 Å². The number of benzene rings is 1. The van der Waals surface area contributed by atoms with E-state index in [1.807, 2.05) is 0 Å². The van der Waals surface area contributed by atoms with Gasteiger partial charge < -0.3 is 20.5 Å². The first-order chi connectivity index (χ1) is 13.0. The Morgan fingerprint density at radius 2 is 2.04 bits per heavy atom. The summed E-state index contributed by atoms with van der Waals surface area (Å²) in [6.07, 6.45) is 5.95. The molecule has 6 nitrogen and oxygen atoms in total. The van der Waals surface area contributed by atoms with Crippen molar-refractivity contribution in [2.24, 2.45) is 5.92 Å². The summed E-state index contributed by atoms with van der Waals surface area (Å²) in [6.45, 7) is 2.12. The second kappa shape index (κ2) is 8.41. The monoisotopic (exact) mass is 376 g/mol. The Balaban J connectivity index is 1.87. The van der Waals surface area contributed by atoms with Gasteiger partial charge in [0.15, 0.2) is 0 Å². The van der Waals surface area contributed by atoms with Gasteiger partial charge >= 0.3 is 12.0 Å². The summed E-state index contributed by atoms with van der Waals surface area (Å²) >= 11 is 0. The molecule has 146 valence electrons. The molecule has 0 saturated heterocycles.